The molecule has 6 nitrogen and oxygen atoms in total. The van der Waals surface area contributed by atoms with E-state index in [1.165, 1.54) is 0 Å². The van der Waals surface area contributed by atoms with Crippen LogP contribution in [0.1, 0.15) is 25.3 Å². The molecule has 0 aromatic carbocycles. The molecule has 2 aromatic heterocycles. The third kappa shape index (κ3) is 2.46. The highest BCUT2D eigenvalue weighted by Gasteiger charge is 2.45. The lowest BCUT2D eigenvalue weighted by molar-refractivity contribution is 0.118. The minimum atomic E-state index is -0.510. The van der Waals surface area contributed by atoms with Gasteiger partial charge in [0.15, 0.2) is 0 Å². The third-order valence-electron chi connectivity index (χ3n) is 3.80. The first kappa shape index (κ1) is 13.5. The van der Waals surface area contributed by atoms with E-state index in [9.17, 15) is 5.26 Å². The topological polar surface area (TPSA) is 91.2 Å². The molecule has 0 bridgehead atoms. The SMILES string of the molecule is N#CCC1(C#N)CC(n2cc(-c3ccnc(Cl)n3)cn2)C1. The maximum Gasteiger partial charge on any atom is 0.222 e. The lowest BCUT2D eigenvalue weighted by atomic mass is 9.65. The maximum absolute atomic E-state index is 9.18. The average Bonchev–Trinajstić information content (AvgIpc) is 2.92. The summed E-state index contributed by atoms with van der Waals surface area (Å²) in [6, 6.07) is 6.27. The largest absolute Gasteiger partial charge is 0.269 e. The summed E-state index contributed by atoms with van der Waals surface area (Å²) in [4.78, 5) is 7.99. The van der Waals surface area contributed by atoms with Crippen LogP contribution in [0, 0.1) is 28.1 Å². The predicted octanol–water partition coefficient (Wildman–Crippen LogP) is 2.75. The fourth-order valence-corrected chi connectivity index (χ4v) is 2.77. The smallest absolute Gasteiger partial charge is 0.222 e. The van der Waals surface area contributed by atoms with Crippen molar-refractivity contribution in [2.75, 3.05) is 0 Å². The second-order valence-corrected chi connectivity index (χ2v) is 5.55. The summed E-state index contributed by atoms with van der Waals surface area (Å²) in [5.74, 6) is 0. The number of halogens is 1. The molecule has 0 N–H and O–H groups in total. The van der Waals surface area contributed by atoms with Gasteiger partial charge in [0.2, 0.25) is 5.28 Å². The Hall–Kier alpha value is -2.44. The van der Waals surface area contributed by atoms with Crippen molar-refractivity contribution in [1.82, 2.24) is 19.7 Å². The Morgan fingerprint density at radius 2 is 2.24 bits per heavy atom. The van der Waals surface area contributed by atoms with Gasteiger partial charge in [0, 0.05) is 18.0 Å². The number of rotatable bonds is 3. The first-order chi connectivity index (χ1) is 10.2. The van der Waals surface area contributed by atoms with E-state index in [0.717, 1.165) is 5.56 Å². The highest BCUT2D eigenvalue weighted by atomic mass is 35.5. The Bertz CT molecular complexity index is 747. The third-order valence-corrected chi connectivity index (χ3v) is 3.99. The fourth-order valence-electron chi connectivity index (χ4n) is 2.62. The number of nitrogens with zero attached hydrogens (tertiary/aromatic N) is 6. The monoisotopic (exact) mass is 298 g/mol. The van der Waals surface area contributed by atoms with Crippen LogP contribution in [0.2, 0.25) is 5.28 Å². The van der Waals surface area contributed by atoms with E-state index in [4.69, 9.17) is 16.9 Å². The lowest BCUT2D eigenvalue weighted by Gasteiger charge is -2.41. The molecule has 0 spiro atoms. The van der Waals surface area contributed by atoms with Crippen molar-refractivity contribution in [3.05, 3.63) is 29.9 Å². The molecule has 1 aliphatic rings. The second-order valence-electron chi connectivity index (χ2n) is 5.21. The van der Waals surface area contributed by atoms with Crippen molar-refractivity contribution in [2.24, 2.45) is 5.41 Å². The van der Waals surface area contributed by atoms with Crippen LogP contribution >= 0.6 is 11.6 Å². The highest BCUT2D eigenvalue weighted by molar-refractivity contribution is 6.28. The molecule has 0 aliphatic heterocycles. The quantitative estimate of drug-likeness (QED) is 0.812. The summed E-state index contributed by atoms with van der Waals surface area (Å²) in [7, 11) is 0. The molecule has 0 radical (unpaired) electrons. The Morgan fingerprint density at radius 3 is 2.90 bits per heavy atom. The number of hydrogen-bond acceptors (Lipinski definition) is 5. The van der Waals surface area contributed by atoms with Gasteiger partial charge in [-0.05, 0) is 30.5 Å². The Morgan fingerprint density at radius 1 is 1.43 bits per heavy atom. The first-order valence-electron chi connectivity index (χ1n) is 6.47. The highest BCUT2D eigenvalue weighted by Crippen LogP contribution is 2.50. The van der Waals surface area contributed by atoms with Crippen molar-refractivity contribution in [2.45, 2.75) is 25.3 Å². The van der Waals surface area contributed by atoms with Gasteiger partial charge in [0.25, 0.3) is 0 Å². The van der Waals surface area contributed by atoms with Crippen molar-refractivity contribution in [3.8, 4) is 23.4 Å². The van der Waals surface area contributed by atoms with Crippen molar-refractivity contribution >= 4 is 11.6 Å². The normalized spacial score (nSPS) is 23.9. The van der Waals surface area contributed by atoms with Gasteiger partial charge < -0.3 is 0 Å². The summed E-state index contributed by atoms with van der Waals surface area (Å²) in [5, 5.41) is 22.5. The molecule has 2 aromatic rings. The van der Waals surface area contributed by atoms with Crippen LogP contribution in [0.15, 0.2) is 24.7 Å². The molecule has 3 rings (SSSR count). The van der Waals surface area contributed by atoms with Crippen LogP contribution in [0.3, 0.4) is 0 Å². The van der Waals surface area contributed by atoms with Gasteiger partial charge in [-0.25, -0.2) is 9.97 Å². The van der Waals surface area contributed by atoms with E-state index < -0.39 is 5.41 Å². The minimum Gasteiger partial charge on any atom is -0.269 e. The first-order valence-corrected chi connectivity index (χ1v) is 6.85. The van der Waals surface area contributed by atoms with Gasteiger partial charge in [0.05, 0.1) is 41.9 Å². The van der Waals surface area contributed by atoms with E-state index in [-0.39, 0.29) is 17.7 Å². The molecular weight excluding hydrogens is 288 g/mol. The lowest BCUT2D eigenvalue weighted by Crippen LogP contribution is -2.37. The number of nitriles is 2. The minimum absolute atomic E-state index is 0.157. The summed E-state index contributed by atoms with van der Waals surface area (Å²) >= 11 is 5.78. The van der Waals surface area contributed by atoms with Crippen molar-refractivity contribution in [3.63, 3.8) is 0 Å². The molecule has 21 heavy (non-hydrogen) atoms. The van der Waals surface area contributed by atoms with Crippen LogP contribution in [-0.2, 0) is 0 Å². The maximum atomic E-state index is 9.18. The Balaban J connectivity index is 1.76. The van der Waals surface area contributed by atoms with Crippen LogP contribution in [-0.4, -0.2) is 19.7 Å². The molecule has 0 saturated heterocycles. The van der Waals surface area contributed by atoms with Gasteiger partial charge in [-0.1, -0.05) is 0 Å². The summed E-state index contributed by atoms with van der Waals surface area (Å²) in [6.45, 7) is 0. The van der Waals surface area contributed by atoms with E-state index in [1.54, 1.807) is 18.5 Å². The van der Waals surface area contributed by atoms with Gasteiger partial charge in [-0.15, -0.1) is 0 Å². The molecule has 2 heterocycles. The van der Waals surface area contributed by atoms with Crippen LogP contribution < -0.4 is 0 Å². The van der Waals surface area contributed by atoms with E-state index >= 15 is 0 Å². The van der Waals surface area contributed by atoms with Gasteiger partial charge in [-0.3, -0.25) is 4.68 Å². The number of hydrogen-bond donors (Lipinski definition) is 0. The zero-order chi connectivity index (χ0) is 14.9. The second kappa shape index (κ2) is 5.16. The molecule has 0 amide bonds. The zero-order valence-electron chi connectivity index (χ0n) is 11.1. The molecule has 1 aliphatic carbocycles. The Kier molecular flexibility index (Phi) is 3.32. The molecule has 7 heteroatoms. The number of aromatic nitrogens is 4. The Labute approximate surface area is 126 Å². The standard InChI is InChI=1S/C14H11ClN6/c15-13-18-4-1-12(20-13)10-7-19-21(8-10)11-5-14(6-11,9-17)2-3-16/h1,4,7-8,11H,2,5-6H2. The summed E-state index contributed by atoms with van der Waals surface area (Å²) in [5.41, 5.74) is 1.06. The van der Waals surface area contributed by atoms with Crippen LogP contribution in [0.25, 0.3) is 11.3 Å². The molecular formula is C14H11ClN6. The fraction of sp³-hybridized carbons (Fsp3) is 0.357. The van der Waals surface area contributed by atoms with E-state index in [1.807, 2.05) is 10.9 Å². The van der Waals surface area contributed by atoms with Crippen LogP contribution in [0.5, 0.6) is 0 Å². The van der Waals surface area contributed by atoms with Gasteiger partial charge in [-0.2, -0.15) is 15.6 Å². The summed E-state index contributed by atoms with van der Waals surface area (Å²) < 4.78 is 1.83. The molecule has 1 saturated carbocycles. The van der Waals surface area contributed by atoms with Gasteiger partial charge in [0.1, 0.15) is 0 Å². The average molecular weight is 299 g/mol. The van der Waals surface area contributed by atoms with Crippen molar-refractivity contribution in [1.29, 1.82) is 10.5 Å². The van der Waals surface area contributed by atoms with Crippen LogP contribution in [0.4, 0.5) is 0 Å². The molecule has 1 fully saturated rings. The van der Waals surface area contributed by atoms with E-state index in [0.29, 0.717) is 18.5 Å². The molecule has 0 unspecified atom stereocenters. The molecule has 0 atom stereocenters. The zero-order valence-corrected chi connectivity index (χ0v) is 11.8. The van der Waals surface area contributed by atoms with Gasteiger partial charge >= 0.3 is 0 Å². The summed E-state index contributed by atoms with van der Waals surface area (Å²) in [6.07, 6.45) is 6.78. The van der Waals surface area contributed by atoms with E-state index in [2.05, 4.69) is 27.2 Å². The van der Waals surface area contributed by atoms with Crippen molar-refractivity contribution < 1.29 is 0 Å². The molecule has 104 valence electrons. The predicted molar refractivity (Wildman–Crippen MR) is 74.8 cm³/mol.